The lowest BCUT2D eigenvalue weighted by Crippen LogP contribution is -2.26. The zero-order chi connectivity index (χ0) is 26.1. The second-order valence-corrected chi connectivity index (χ2v) is 9.70. The minimum atomic E-state index is -3.56. The van der Waals surface area contributed by atoms with Crippen LogP contribution in [0.25, 0.3) is 11.1 Å². The highest BCUT2D eigenvalue weighted by atomic mass is 32.2. The van der Waals surface area contributed by atoms with Crippen LogP contribution in [0.15, 0.2) is 66.7 Å². The third kappa shape index (κ3) is 8.45. The Balaban J connectivity index is 1.43. The number of hydrogen-bond donors (Lipinski definition) is 5. The zero-order valence-corrected chi connectivity index (χ0v) is 20.4. The van der Waals surface area contributed by atoms with Gasteiger partial charge in [-0.15, -0.1) is 0 Å². The minimum Gasteiger partial charge on any atom is -0.506 e. The maximum absolute atomic E-state index is 11.4. The fraction of sp³-hybridized carbons (Fsp3) is 0.240. The number of hydrogen-bond acceptors (Lipinski definition) is 8. The van der Waals surface area contributed by atoms with E-state index in [0.29, 0.717) is 30.2 Å². The summed E-state index contributed by atoms with van der Waals surface area (Å²) in [7, 11) is -3.56. The quantitative estimate of drug-likeness (QED) is 0.170. The van der Waals surface area contributed by atoms with Crippen molar-refractivity contribution in [2.75, 3.05) is 37.3 Å². The van der Waals surface area contributed by atoms with Crippen molar-refractivity contribution in [2.45, 2.75) is 6.10 Å². The molecule has 0 aromatic heterocycles. The van der Waals surface area contributed by atoms with Gasteiger partial charge in [0.2, 0.25) is 10.0 Å². The molecule has 0 fully saturated rings. The topological polar surface area (TPSA) is 154 Å². The molecular weight excluding hydrogens is 488 g/mol. The predicted molar refractivity (Wildman–Crippen MR) is 135 cm³/mol. The van der Waals surface area contributed by atoms with Crippen LogP contribution in [0.2, 0.25) is 0 Å². The number of benzene rings is 3. The van der Waals surface area contributed by atoms with Gasteiger partial charge in [0.25, 0.3) is 0 Å². The number of carbonyl (C=O) groups is 1. The number of ether oxygens (including phenoxy) is 2. The summed E-state index contributed by atoms with van der Waals surface area (Å²) in [5.41, 5.74) is 2.36. The number of anilines is 1. The van der Waals surface area contributed by atoms with Gasteiger partial charge in [0.1, 0.15) is 23.9 Å². The zero-order valence-electron chi connectivity index (χ0n) is 19.5. The van der Waals surface area contributed by atoms with E-state index in [4.69, 9.17) is 14.6 Å². The minimum absolute atomic E-state index is 0.00305. The predicted octanol–water partition coefficient (Wildman–Crippen LogP) is 2.60. The Hall–Kier alpha value is -3.80. The molecule has 0 radical (unpaired) electrons. The van der Waals surface area contributed by atoms with Crippen LogP contribution in [0.1, 0.15) is 11.7 Å². The number of carboxylic acids is 1. The molecule has 11 heteroatoms. The first-order chi connectivity index (χ1) is 17.1. The number of aliphatic hydroxyl groups excluding tert-OH is 1. The molecule has 0 spiro atoms. The number of carboxylic acid groups (broad SMARTS) is 1. The molecule has 0 bridgehead atoms. The van der Waals surface area contributed by atoms with E-state index in [0.717, 1.165) is 17.4 Å². The third-order valence-electron chi connectivity index (χ3n) is 4.99. The summed E-state index contributed by atoms with van der Waals surface area (Å²) in [6, 6.07) is 18.8. The molecule has 1 atom stereocenters. The van der Waals surface area contributed by atoms with Gasteiger partial charge in [-0.2, -0.15) is 0 Å². The summed E-state index contributed by atoms with van der Waals surface area (Å²) < 4.78 is 35.9. The van der Waals surface area contributed by atoms with E-state index in [9.17, 15) is 23.4 Å². The number of phenols is 1. The molecule has 0 aliphatic carbocycles. The number of aromatic hydroxyl groups is 1. The smallest absolute Gasteiger partial charge is 0.341 e. The van der Waals surface area contributed by atoms with Gasteiger partial charge in [-0.05, 0) is 53.1 Å². The average molecular weight is 517 g/mol. The van der Waals surface area contributed by atoms with Crippen LogP contribution in [-0.4, -0.2) is 62.3 Å². The second-order valence-electron chi connectivity index (χ2n) is 7.95. The van der Waals surface area contributed by atoms with Crippen molar-refractivity contribution >= 4 is 21.7 Å². The van der Waals surface area contributed by atoms with Crippen molar-refractivity contribution in [1.82, 2.24) is 5.32 Å². The molecule has 36 heavy (non-hydrogen) atoms. The fourth-order valence-electron chi connectivity index (χ4n) is 3.27. The van der Waals surface area contributed by atoms with Crippen LogP contribution in [-0.2, 0) is 14.8 Å². The van der Waals surface area contributed by atoms with Crippen molar-refractivity contribution in [3.8, 4) is 28.4 Å². The molecule has 0 saturated heterocycles. The van der Waals surface area contributed by atoms with Crippen molar-refractivity contribution in [3.63, 3.8) is 0 Å². The lowest BCUT2D eigenvalue weighted by molar-refractivity contribution is -0.139. The molecule has 192 valence electrons. The fourth-order valence-corrected chi connectivity index (χ4v) is 3.84. The van der Waals surface area contributed by atoms with E-state index < -0.39 is 22.1 Å². The average Bonchev–Trinajstić information content (AvgIpc) is 2.83. The van der Waals surface area contributed by atoms with Crippen LogP contribution in [0, 0.1) is 0 Å². The van der Waals surface area contributed by atoms with Crippen molar-refractivity contribution in [2.24, 2.45) is 0 Å². The Bertz CT molecular complexity index is 1260. The number of rotatable bonds is 13. The van der Waals surface area contributed by atoms with E-state index in [-0.39, 0.29) is 24.6 Å². The van der Waals surface area contributed by atoms with Gasteiger partial charge >= 0.3 is 5.97 Å². The lowest BCUT2D eigenvalue weighted by Gasteiger charge is -2.15. The number of sulfonamides is 1. The Labute approximate surface area is 209 Å². The highest BCUT2D eigenvalue weighted by Crippen LogP contribution is 2.28. The van der Waals surface area contributed by atoms with Gasteiger partial charge in [0.05, 0.1) is 18.0 Å². The molecule has 0 heterocycles. The second kappa shape index (κ2) is 12.2. The molecule has 0 amide bonds. The molecular formula is C25H28N2O8S. The summed E-state index contributed by atoms with van der Waals surface area (Å²) in [6.45, 7) is 0.638. The monoisotopic (exact) mass is 516 g/mol. The maximum atomic E-state index is 11.4. The van der Waals surface area contributed by atoms with Crippen molar-refractivity contribution < 1.29 is 38.0 Å². The summed E-state index contributed by atoms with van der Waals surface area (Å²) in [6.07, 6.45) is 0.0646. The maximum Gasteiger partial charge on any atom is 0.341 e. The standard InChI is InChI=1S/C25H28N2O8S/c1-36(32,33)27-22-14-19(6-11-23(22)28)24(29)15-26-12-13-34-20-7-2-17(3-8-20)18-4-9-21(10-5-18)35-16-25(30)31/h2-11,14,24,26-29H,12-13,15-16H2,1H3,(H,30,31)/t24-/m0/s1. The van der Waals surface area contributed by atoms with E-state index in [1.807, 2.05) is 36.4 Å². The molecule has 5 N–H and O–H groups in total. The number of phenolic OH excluding ortho intramolecular Hbond substituents is 1. The first-order valence-electron chi connectivity index (χ1n) is 11.0. The molecule has 0 unspecified atom stereocenters. The van der Waals surface area contributed by atoms with E-state index in [1.54, 1.807) is 12.1 Å². The SMILES string of the molecule is CS(=O)(=O)Nc1cc([C@@H](O)CNCCOc2ccc(-c3ccc(OCC(=O)O)cc3)cc2)ccc1O. The van der Waals surface area contributed by atoms with Crippen LogP contribution in [0.4, 0.5) is 5.69 Å². The normalized spacial score (nSPS) is 12.1. The highest BCUT2D eigenvalue weighted by molar-refractivity contribution is 7.92. The molecule has 3 aromatic carbocycles. The number of nitrogens with one attached hydrogen (secondary N) is 2. The molecule has 0 saturated carbocycles. The summed E-state index contributed by atoms with van der Waals surface area (Å²) >= 11 is 0. The first kappa shape index (κ1) is 26.8. The lowest BCUT2D eigenvalue weighted by atomic mass is 10.1. The van der Waals surface area contributed by atoms with Gasteiger partial charge in [-0.3, -0.25) is 4.72 Å². The van der Waals surface area contributed by atoms with Crippen LogP contribution >= 0.6 is 0 Å². The molecule has 0 aliphatic rings. The van der Waals surface area contributed by atoms with Gasteiger partial charge in [0.15, 0.2) is 6.61 Å². The molecule has 10 nitrogen and oxygen atoms in total. The van der Waals surface area contributed by atoms with Gasteiger partial charge in [-0.1, -0.05) is 30.3 Å². The van der Waals surface area contributed by atoms with E-state index in [1.165, 1.54) is 18.2 Å². The van der Waals surface area contributed by atoms with Gasteiger partial charge in [-0.25, -0.2) is 13.2 Å². The summed E-state index contributed by atoms with van der Waals surface area (Å²) in [5.74, 6) is -0.102. The summed E-state index contributed by atoms with van der Waals surface area (Å²) in [4.78, 5) is 10.6. The number of aliphatic carboxylic acids is 1. The van der Waals surface area contributed by atoms with E-state index >= 15 is 0 Å². The summed E-state index contributed by atoms with van der Waals surface area (Å²) in [5, 5.41) is 31.9. The van der Waals surface area contributed by atoms with Gasteiger partial charge < -0.3 is 30.1 Å². The van der Waals surface area contributed by atoms with Crippen LogP contribution in [0.3, 0.4) is 0 Å². The van der Waals surface area contributed by atoms with Crippen LogP contribution < -0.4 is 19.5 Å². The Morgan fingerprint density at radius 3 is 2.08 bits per heavy atom. The molecule has 3 aromatic rings. The first-order valence-corrected chi connectivity index (χ1v) is 12.9. The third-order valence-corrected chi connectivity index (χ3v) is 5.58. The highest BCUT2D eigenvalue weighted by Gasteiger charge is 2.13. The van der Waals surface area contributed by atoms with E-state index in [2.05, 4.69) is 10.0 Å². The Kier molecular flexibility index (Phi) is 9.12. The number of aliphatic hydroxyl groups is 1. The molecule has 0 aliphatic heterocycles. The van der Waals surface area contributed by atoms with Crippen molar-refractivity contribution in [3.05, 3.63) is 72.3 Å². The molecule has 3 rings (SSSR count). The Morgan fingerprint density at radius 2 is 1.53 bits per heavy atom. The van der Waals surface area contributed by atoms with Crippen molar-refractivity contribution in [1.29, 1.82) is 0 Å². The largest absolute Gasteiger partial charge is 0.506 e. The van der Waals surface area contributed by atoms with Crippen LogP contribution in [0.5, 0.6) is 17.2 Å². The Morgan fingerprint density at radius 1 is 0.944 bits per heavy atom. The van der Waals surface area contributed by atoms with Gasteiger partial charge in [0, 0.05) is 13.1 Å².